The van der Waals surface area contributed by atoms with Crippen molar-refractivity contribution in [3.8, 4) is 0 Å². The summed E-state index contributed by atoms with van der Waals surface area (Å²) in [6, 6.07) is 0. The maximum Gasteiger partial charge on any atom is 0.0540 e. The van der Waals surface area contributed by atoms with Gasteiger partial charge in [0, 0.05) is 0 Å². The Bertz CT molecular complexity index is 196. The maximum atomic E-state index is 9.88. The van der Waals surface area contributed by atoms with Crippen molar-refractivity contribution in [2.45, 2.75) is 122 Å². The standard InChI is InChI=1S/C20H43NO/c1-2-3-4-5-6-7-8-9-10-11-12-14-17-20(22)18-15-13-16-19-21/h20,22H,2-19,21H2,1H3. The monoisotopic (exact) mass is 313 g/mol. The molecule has 0 saturated carbocycles. The fourth-order valence-electron chi connectivity index (χ4n) is 3.07. The van der Waals surface area contributed by atoms with Crippen LogP contribution < -0.4 is 5.73 Å². The molecule has 0 bridgehead atoms. The zero-order valence-corrected chi connectivity index (χ0v) is 15.3. The van der Waals surface area contributed by atoms with Crippen LogP contribution in [0.25, 0.3) is 0 Å². The smallest absolute Gasteiger partial charge is 0.0540 e. The molecule has 0 aliphatic rings. The molecular weight excluding hydrogens is 270 g/mol. The minimum atomic E-state index is -0.0686. The van der Waals surface area contributed by atoms with Crippen LogP contribution >= 0.6 is 0 Å². The van der Waals surface area contributed by atoms with Gasteiger partial charge in [0.15, 0.2) is 0 Å². The van der Waals surface area contributed by atoms with E-state index < -0.39 is 0 Å². The summed E-state index contributed by atoms with van der Waals surface area (Å²) in [4.78, 5) is 0. The van der Waals surface area contributed by atoms with Gasteiger partial charge in [0.05, 0.1) is 6.10 Å². The molecule has 0 saturated heterocycles. The second-order valence-corrected chi connectivity index (χ2v) is 6.97. The molecule has 0 aromatic rings. The Morgan fingerprint density at radius 3 is 1.36 bits per heavy atom. The third-order valence-corrected chi connectivity index (χ3v) is 4.63. The highest BCUT2D eigenvalue weighted by atomic mass is 16.3. The normalized spacial score (nSPS) is 12.7. The Morgan fingerprint density at radius 1 is 0.591 bits per heavy atom. The highest BCUT2D eigenvalue weighted by Gasteiger charge is 2.03. The number of hydrogen-bond donors (Lipinski definition) is 2. The first-order valence-corrected chi connectivity index (χ1v) is 10.2. The average Bonchev–Trinajstić information content (AvgIpc) is 2.52. The van der Waals surface area contributed by atoms with Crippen LogP contribution in [0.2, 0.25) is 0 Å². The van der Waals surface area contributed by atoms with E-state index >= 15 is 0 Å². The summed E-state index contributed by atoms with van der Waals surface area (Å²) in [6.45, 7) is 3.07. The summed E-state index contributed by atoms with van der Waals surface area (Å²) in [6.07, 6.45) is 21.9. The number of rotatable bonds is 18. The fraction of sp³-hybridized carbons (Fsp3) is 1.00. The molecule has 2 heteroatoms. The second kappa shape index (κ2) is 19.0. The van der Waals surface area contributed by atoms with Crippen molar-refractivity contribution in [3.05, 3.63) is 0 Å². The van der Waals surface area contributed by atoms with Crippen LogP contribution in [-0.4, -0.2) is 17.8 Å². The van der Waals surface area contributed by atoms with E-state index in [0.29, 0.717) is 0 Å². The zero-order valence-electron chi connectivity index (χ0n) is 15.3. The molecule has 0 radical (unpaired) electrons. The summed E-state index contributed by atoms with van der Waals surface area (Å²) in [5.74, 6) is 0. The fourth-order valence-corrected chi connectivity index (χ4v) is 3.07. The van der Waals surface area contributed by atoms with Gasteiger partial charge in [0.1, 0.15) is 0 Å². The first-order valence-electron chi connectivity index (χ1n) is 10.2. The van der Waals surface area contributed by atoms with E-state index in [1.807, 2.05) is 0 Å². The highest BCUT2D eigenvalue weighted by Crippen LogP contribution is 2.14. The van der Waals surface area contributed by atoms with Crippen LogP contribution in [-0.2, 0) is 0 Å². The highest BCUT2D eigenvalue weighted by molar-refractivity contribution is 4.57. The molecule has 0 rings (SSSR count). The van der Waals surface area contributed by atoms with Crippen LogP contribution in [0.1, 0.15) is 116 Å². The quantitative estimate of drug-likeness (QED) is 0.307. The van der Waals surface area contributed by atoms with E-state index in [2.05, 4.69) is 6.92 Å². The molecule has 0 aromatic heterocycles. The Morgan fingerprint density at radius 2 is 0.955 bits per heavy atom. The third-order valence-electron chi connectivity index (χ3n) is 4.63. The molecule has 0 fully saturated rings. The van der Waals surface area contributed by atoms with Gasteiger partial charge in [-0.05, 0) is 25.8 Å². The number of aliphatic hydroxyl groups excluding tert-OH is 1. The summed E-state index contributed by atoms with van der Waals surface area (Å²) in [5.41, 5.74) is 5.47. The lowest BCUT2D eigenvalue weighted by Crippen LogP contribution is -2.06. The zero-order chi connectivity index (χ0) is 16.3. The molecular formula is C20H43NO. The molecule has 0 heterocycles. The Kier molecular flexibility index (Phi) is 18.9. The van der Waals surface area contributed by atoms with E-state index in [-0.39, 0.29) is 6.10 Å². The van der Waals surface area contributed by atoms with E-state index in [4.69, 9.17) is 5.73 Å². The molecule has 134 valence electrons. The molecule has 2 nitrogen and oxygen atoms in total. The van der Waals surface area contributed by atoms with Gasteiger partial charge in [-0.25, -0.2) is 0 Å². The van der Waals surface area contributed by atoms with Crippen molar-refractivity contribution >= 4 is 0 Å². The van der Waals surface area contributed by atoms with Crippen molar-refractivity contribution < 1.29 is 5.11 Å². The Labute approximate surface area is 140 Å². The molecule has 0 amide bonds. The second-order valence-electron chi connectivity index (χ2n) is 6.97. The van der Waals surface area contributed by atoms with Gasteiger partial charge in [-0.15, -0.1) is 0 Å². The molecule has 0 aliphatic heterocycles. The molecule has 0 spiro atoms. The van der Waals surface area contributed by atoms with Crippen molar-refractivity contribution in [1.82, 2.24) is 0 Å². The number of hydrogen-bond acceptors (Lipinski definition) is 2. The third kappa shape index (κ3) is 18.0. The summed E-state index contributed by atoms with van der Waals surface area (Å²) in [5, 5.41) is 9.88. The van der Waals surface area contributed by atoms with Crippen molar-refractivity contribution in [3.63, 3.8) is 0 Å². The summed E-state index contributed by atoms with van der Waals surface area (Å²) < 4.78 is 0. The van der Waals surface area contributed by atoms with E-state index in [1.165, 1.54) is 83.5 Å². The lowest BCUT2D eigenvalue weighted by Gasteiger charge is -2.10. The largest absolute Gasteiger partial charge is 0.393 e. The van der Waals surface area contributed by atoms with Crippen molar-refractivity contribution in [2.24, 2.45) is 5.73 Å². The van der Waals surface area contributed by atoms with Crippen molar-refractivity contribution in [2.75, 3.05) is 6.54 Å². The first-order chi connectivity index (χ1) is 10.8. The van der Waals surface area contributed by atoms with Crippen LogP contribution in [0.15, 0.2) is 0 Å². The minimum absolute atomic E-state index is 0.0686. The van der Waals surface area contributed by atoms with Crippen LogP contribution in [0.5, 0.6) is 0 Å². The van der Waals surface area contributed by atoms with Gasteiger partial charge in [-0.2, -0.15) is 0 Å². The molecule has 1 atom stereocenters. The lowest BCUT2D eigenvalue weighted by atomic mass is 10.0. The van der Waals surface area contributed by atoms with Gasteiger partial charge >= 0.3 is 0 Å². The molecule has 3 N–H and O–H groups in total. The molecule has 1 unspecified atom stereocenters. The molecule has 0 aliphatic carbocycles. The van der Waals surface area contributed by atoms with E-state index in [9.17, 15) is 5.11 Å². The number of nitrogens with two attached hydrogens (primary N) is 1. The summed E-state index contributed by atoms with van der Waals surface area (Å²) >= 11 is 0. The number of aliphatic hydroxyl groups is 1. The predicted molar refractivity (Wildman–Crippen MR) is 99.2 cm³/mol. The van der Waals surface area contributed by atoms with Gasteiger partial charge in [0.25, 0.3) is 0 Å². The Hall–Kier alpha value is -0.0800. The van der Waals surface area contributed by atoms with Gasteiger partial charge < -0.3 is 10.8 Å². The average molecular weight is 314 g/mol. The van der Waals surface area contributed by atoms with E-state index in [1.54, 1.807) is 0 Å². The van der Waals surface area contributed by atoms with Crippen LogP contribution in [0, 0.1) is 0 Å². The molecule has 22 heavy (non-hydrogen) atoms. The summed E-state index contributed by atoms with van der Waals surface area (Å²) in [7, 11) is 0. The van der Waals surface area contributed by atoms with Gasteiger partial charge in [0.2, 0.25) is 0 Å². The van der Waals surface area contributed by atoms with Crippen LogP contribution in [0.4, 0.5) is 0 Å². The lowest BCUT2D eigenvalue weighted by molar-refractivity contribution is 0.147. The predicted octanol–water partition coefficient (Wildman–Crippen LogP) is 5.96. The number of unbranched alkanes of at least 4 members (excludes halogenated alkanes) is 13. The first kappa shape index (κ1) is 21.9. The van der Waals surface area contributed by atoms with Gasteiger partial charge in [-0.3, -0.25) is 0 Å². The van der Waals surface area contributed by atoms with Crippen molar-refractivity contribution in [1.29, 1.82) is 0 Å². The topological polar surface area (TPSA) is 46.2 Å². The Balaban J connectivity index is 3.07. The van der Waals surface area contributed by atoms with E-state index in [0.717, 1.165) is 32.2 Å². The minimum Gasteiger partial charge on any atom is -0.393 e. The SMILES string of the molecule is CCCCCCCCCCCCCCC(O)CCCCCN. The van der Waals surface area contributed by atoms with Gasteiger partial charge in [-0.1, -0.05) is 96.8 Å². The van der Waals surface area contributed by atoms with Crippen LogP contribution in [0.3, 0.4) is 0 Å². The maximum absolute atomic E-state index is 9.88. The molecule has 0 aromatic carbocycles.